The summed E-state index contributed by atoms with van der Waals surface area (Å²) in [5.41, 5.74) is 1.85. The molecule has 0 aliphatic carbocycles. The van der Waals surface area contributed by atoms with E-state index in [4.69, 9.17) is 4.42 Å². The lowest BCUT2D eigenvalue weighted by atomic mass is 10.1. The molecule has 2 aromatic carbocycles. The van der Waals surface area contributed by atoms with Gasteiger partial charge in [-0.15, -0.1) is 10.2 Å². The van der Waals surface area contributed by atoms with Gasteiger partial charge in [0, 0.05) is 11.3 Å². The van der Waals surface area contributed by atoms with Gasteiger partial charge in [0.05, 0.1) is 18.5 Å². The lowest BCUT2D eigenvalue weighted by Crippen LogP contribution is -2.30. The molecule has 0 unspecified atom stereocenters. The molecule has 0 saturated carbocycles. The van der Waals surface area contributed by atoms with Crippen LogP contribution in [0.1, 0.15) is 31.0 Å². The molecule has 1 aliphatic heterocycles. The van der Waals surface area contributed by atoms with Crippen molar-refractivity contribution in [2.24, 2.45) is 0 Å². The molecule has 5 rings (SSSR count). The van der Waals surface area contributed by atoms with E-state index in [1.165, 1.54) is 43.2 Å². The van der Waals surface area contributed by atoms with E-state index in [-0.39, 0.29) is 5.82 Å². The third-order valence-electron chi connectivity index (χ3n) is 5.54. The fourth-order valence-electron chi connectivity index (χ4n) is 3.90. The number of oxazole rings is 1. The third-order valence-corrected chi connectivity index (χ3v) is 6.45. The number of piperidine rings is 1. The highest BCUT2D eigenvalue weighted by atomic mass is 32.2. The summed E-state index contributed by atoms with van der Waals surface area (Å²) in [6.07, 6.45) is 5.45. The minimum atomic E-state index is -0.262. The molecule has 32 heavy (non-hydrogen) atoms. The van der Waals surface area contributed by atoms with Gasteiger partial charge in [0.1, 0.15) is 5.82 Å². The molecule has 1 saturated heterocycles. The van der Waals surface area contributed by atoms with Gasteiger partial charge in [-0.1, -0.05) is 48.5 Å². The van der Waals surface area contributed by atoms with Crippen molar-refractivity contribution >= 4 is 11.8 Å². The van der Waals surface area contributed by atoms with Gasteiger partial charge in [-0.3, -0.25) is 9.47 Å². The van der Waals surface area contributed by atoms with Crippen molar-refractivity contribution in [3.8, 4) is 17.0 Å². The molecule has 0 atom stereocenters. The predicted octanol–water partition coefficient (Wildman–Crippen LogP) is 5.34. The number of hydrogen-bond acceptors (Lipinski definition) is 6. The predicted molar refractivity (Wildman–Crippen MR) is 122 cm³/mol. The fourth-order valence-corrected chi connectivity index (χ4v) is 4.73. The van der Waals surface area contributed by atoms with E-state index in [0.29, 0.717) is 11.6 Å². The monoisotopic (exact) mass is 449 g/mol. The fraction of sp³-hybridized carbons (Fsp3) is 0.292. The van der Waals surface area contributed by atoms with Crippen molar-refractivity contribution in [2.45, 2.75) is 36.7 Å². The van der Waals surface area contributed by atoms with E-state index in [9.17, 15) is 4.39 Å². The molecule has 3 heterocycles. The number of hydrogen-bond donors (Lipinski definition) is 0. The van der Waals surface area contributed by atoms with Crippen molar-refractivity contribution in [1.82, 2.24) is 24.6 Å². The number of aromatic nitrogens is 4. The SMILES string of the molecule is Fc1ccc(-n2c(CN3CCCCC3)nnc2SCc2ncc(-c3ccccc3)o2)cc1. The normalized spacial score (nSPS) is 14.7. The highest BCUT2D eigenvalue weighted by molar-refractivity contribution is 7.98. The Morgan fingerprint density at radius 1 is 0.938 bits per heavy atom. The maximum atomic E-state index is 13.5. The summed E-state index contributed by atoms with van der Waals surface area (Å²) in [6, 6.07) is 16.4. The Balaban J connectivity index is 1.37. The number of nitrogens with zero attached hydrogens (tertiary/aromatic N) is 5. The Morgan fingerprint density at radius 2 is 1.72 bits per heavy atom. The van der Waals surface area contributed by atoms with Crippen LogP contribution in [0.4, 0.5) is 4.39 Å². The second-order valence-electron chi connectivity index (χ2n) is 7.82. The van der Waals surface area contributed by atoms with Gasteiger partial charge in [-0.2, -0.15) is 0 Å². The number of rotatable bonds is 7. The van der Waals surface area contributed by atoms with Crippen LogP contribution in [0.25, 0.3) is 17.0 Å². The average molecular weight is 450 g/mol. The summed E-state index contributed by atoms with van der Waals surface area (Å²) in [5.74, 6) is 2.49. The summed E-state index contributed by atoms with van der Waals surface area (Å²) < 4.78 is 21.5. The molecule has 6 nitrogen and oxygen atoms in total. The Hall–Kier alpha value is -2.97. The first-order valence-electron chi connectivity index (χ1n) is 10.8. The number of likely N-dealkylation sites (tertiary alicyclic amines) is 1. The van der Waals surface area contributed by atoms with Crippen LogP contribution in [0.15, 0.2) is 70.4 Å². The van der Waals surface area contributed by atoms with Gasteiger partial charge >= 0.3 is 0 Å². The van der Waals surface area contributed by atoms with Gasteiger partial charge in [0.15, 0.2) is 16.7 Å². The molecule has 0 N–H and O–H groups in total. The molecular weight excluding hydrogens is 425 g/mol. The summed E-state index contributed by atoms with van der Waals surface area (Å²) in [6.45, 7) is 2.86. The Labute approximate surface area is 190 Å². The van der Waals surface area contributed by atoms with Crippen LogP contribution in [0.5, 0.6) is 0 Å². The van der Waals surface area contributed by atoms with Gasteiger partial charge in [0.25, 0.3) is 0 Å². The first-order chi connectivity index (χ1) is 15.8. The molecular formula is C24H24FN5OS. The molecule has 0 radical (unpaired) electrons. The smallest absolute Gasteiger partial charge is 0.205 e. The second-order valence-corrected chi connectivity index (χ2v) is 8.76. The number of benzene rings is 2. The zero-order valence-electron chi connectivity index (χ0n) is 17.7. The van der Waals surface area contributed by atoms with Crippen molar-refractivity contribution < 1.29 is 8.81 Å². The van der Waals surface area contributed by atoms with Crippen LogP contribution in [0.2, 0.25) is 0 Å². The molecule has 2 aromatic heterocycles. The van der Waals surface area contributed by atoms with Crippen LogP contribution < -0.4 is 0 Å². The third kappa shape index (κ3) is 4.76. The molecule has 1 aliphatic rings. The lowest BCUT2D eigenvalue weighted by Gasteiger charge is -2.26. The summed E-state index contributed by atoms with van der Waals surface area (Å²) in [4.78, 5) is 6.82. The summed E-state index contributed by atoms with van der Waals surface area (Å²) in [5, 5.41) is 9.67. The Morgan fingerprint density at radius 3 is 2.50 bits per heavy atom. The van der Waals surface area contributed by atoms with Crippen molar-refractivity contribution in [3.05, 3.63) is 78.3 Å². The van der Waals surface area contributed by atoms with E-state index in [1.54, 1.807) is 18.3 Å². The maximum Gasteiger partial charge on any atom is 0.205 e. The number of halogens is 1. The zero-order valence-corrected chi connectivity index (χ0v) is 18.5. The van der Waals surface area contributed by atoms with Crippen LogP contribution in [-0.2, 0) is 12.3 Å². The molecule has 164 valence electrons. The second kappa shape index (κ2) is 9.67. The van der Waals surface area contributed by atoms with Gasteiger partial charge in [-0.25, -0.2) is 9.37 Å². The van der Waals surface area contributed by atoms with Crippen molar-refractivity contribution in [1.29, 1.82) is 0 Å². The minimum absolute atomic E-state index is 0.262. The Kier molecular flexibility index (Phi) is 6.31. The minimum Gasteiger partial charge on any atom is -0.440 e. The number of thioether (sulfide) groups is 1. The average Bonchev–Trinajstić information content (AvgIpc) is 3.47. The summed E-state index contributed by atoms with van der Waals surface area (Å²) in [7, 11) is 0. The van der Waals surface area contributed by atoms with Crippen LogP contribution >= 0.6 is 11.8 Å². The summed E-state index contributed by atoms with van der Waals surface area (Å²) >= 11 is 1.51. The molecule has 0 spiro atoms. The highest BCUT2D eigenvalue weighted by Crippen LogP contribution is 2.28. The molecule has 4 aromatic rings. The van der Waals surface area contributed by atoms with Gasteiger partial charge in [-0.05, 0) is 50.2 Å². The van der Waals surface area contributed by atoms with E-state index in [0.717, 1.165) is 47.6 Å². The molecule has 0 bridgehead atoms. The highest BCUT2D eigenvalue weighted by Gasteiger charge is 2.19. The largest absolute Gasteiger partial charge is 0.440 e. The standard InChI is InChI=1S/C24H24FN5OS/c25-19-9-11-20(12-10-19)30-22(16-29-13-5-2-6-14-29)27-28-24(30)32-17-23-26-15-21(31-23)18-7-3-1-4-8-18/h1,3-4,7-12,15H,2,5-6,13-14,16-17H2. The Bertz CT molecular complexity index is 1150. The first-order valence-corrected chi connectivity index (χ1v) is 11.8. The van der Waals surface area contributed by atoms with Crippen molar-refractivity contribution in [2.75, 3.05) is 13.1 Å². The first kappa shape index (κ1) is 20.9. The van der Waals surface area contributed by atoms with Gasteiger partial charge < -0.3 is 4.42 Å². The van der Waals surface area contributed by atoms with Crippen LogP contribution in [-0.4, -0.2) is 37.7 Å². The van der Waals surface area contributed by atoms with E-state index >= 15 is 0 Å². The molecule has 0 amide bonds. The van der Waals surface area contributed by atoms with Gasteiger partial charge in [0.2, 0.25) is 5.89 Å². The van der Waals surface area contributed by atoms with Crippen LogP contribution in [0, 0.1) is 5.82 Å². The zero-order chi connectivity index (χ0) is 21.8. The van der Waals surface area contributed by atoms with Crippen molar-refractivity contribution in [3.63, 3.8) is 0 Å². The van der Waals surface area contributed by atoms with E-state index in [2.05, 4.69) is 20.1 Å². The van der Waals surface area contributed by atoms with Crippen LogP contribution in [0.3, 0.4) is 0 Å². The lowest BCUT2D eigenvalue weighted by molar-refractivity contribution is 0.214. The maximum absolute atomic E-state index is 13.5. The van der Waals surface area contributed by atoms with E-state index in [1.807, 2.05) is 34.9 Å². The topological polar surface area (TPSA) is 60.0 Å². The molecule has 1 fully saturated rings. The quantitative estimate of drug-likeness (QED) is 0.355. The molecule has 8 heteroatoms. The van der Waals surface area contributed by atoms with E-state index < -0.39 is 0 Å².